The number of benzene rings is 2. The third kappa shape index (κ3) is 3.15. The van der Waals surface area contributed by atoms with E-state index >= 15 is 0 Å². The van der Waals surface area contributed by atoms with Crippen LogP contribution in [0.2, 0.25) is 0 Å². The second-order valence-electron chi connectivity index (χ2n) is 4.08. The van der Waals surface area contributed by atoms with E-state index in [2.05, 4.69) is 30.4 Å². The molecule has 0 bridgehead atoms. The van der Waals surface area contributed by atoms with E-state index < -0.39 is 0 Å². The Morgan fingerprint density at radius 2 is 1.89 bits per heavy atom. The molecule has 18 heavy (non-hydrogen) atoms. The largest absolute Gasteiger partial charge is 0.507 e. The van der Waals surface area contributed by atoms with Gasteiger partial charge in [-0.3, -0.25) is 0 Å². The number of para-hydroxylation sites is 1. The molecule has 1 nitrogen and oxygen atoms in total. The first kappa shape index (κ1) is 12.3. The van der Waals surface area contributed by atoms with Gasteiger partial charge in [-0.25, -0.2) is 0 Å². The molecule has 1 heteroatoms. The van der Waals surface area contributed by atoms with E-state index in [1.54, 1.807) is 12.1 Å². The zero-order chi connectivity index (χ0) is 12.8. The minimum absolute atomic E-state index is 0.225. The molecular weight excluding hydrogens is 220 g/mol. The molecule has 0 saturated heterocycles. The molecule has 0 amide bonds. The molecule has 0 aliphatic carbocycles. The van der Waals surface area contributed by atoms with Gasteiger partial charge in [0.2, 0.25) is 0 Å². The first-order chi connectivity index (χ1) is 8.79. The zero-order valence-corrected chi connectivity index (χ0v) is 10.4. The Kier molecular flexibility index (Phi) is 4.04. The molecule has 0 aliphatic rings. The number of phenols is 1. The van der Waals surface area contributed by atoms with E-state index in [9.17, 15) is 5.11 Å². The van der Waals surface area contributed by atoms with Gasteiger partial charge < -0.3 is 5.11 Å². The van der Waals surface area contributed by atoms with Crippen LogP contribution in [0.4, 0.5) is 0 Å². The molecule has 2 aromatic carbocycles. The van der Waals surface area contributed by atoms with Gasteiger partial charge in [-0.2, -0.15) is 0 Å². The highest BCUT2D eigenvalue weighted by Crippen LogP contribution is 2.14. The van der Waals surface area contributed by atoms with Crippen LogP contribution in [0.15, 0.2) is 48.5 Å². The summed E-state index contributed by atoms with van der Waals surface area (Å²) in [5.41, 5.74) is 2.88. The third-order valence-corrected chi connectivity index (χ3v) is 2.61. The number of rotatable bonds is 2. The van der Waals surface area contributed by atoms with Crippen LogP contribution in [0, 0.1) is 18.3 Å². The van der Waals surface area contributed by atoms with Crippen molar-refractivity contribution in [3.05, 3.63) is 71.6 Å². The van der Waals surface area contributed by atoms with Gasteiger partial charge >= 0.3 is 0 Å². The predicted molar refractivity (Wildman–Crippen MR) is 74.2 cm³/mol. The first-order valence-corrected chi connectivity index (χ1v) is 5.96. The summed E-state index contributed by atoms with van der Waals surface area (Å²) in [5.74, 6) is 6.29. The van der Waals surface area contributed by atoms with Crippen LogP contribution >= 0.6 is 0 Å². The Labute approximate surface area is 108 Å². The molecule has 0 heterocycles. The average Bonchev–Trinajstić information content (AvgIpc) is 2.39. The Morgan fingerprint density at radius 3 is 2.67 bits per heavy atom. The standard InChI is InChI=1S/C17H15O/c1-2-6-14-7-5-8-15(13-14)11-12-16-9-3-4-10-17(16)18/h2-5,7-10,13,18H,6H2,1H3. The third-order valence-electron chi connectivity index (χ3n) is 2.61. The molecule has 0 fully saturated rings. The highest BCUT2D eigenvalue weighted by Gasteiger charge is 1.95. The fourth-order valence-electron chi connectivity index (χ4n) is 1.73. The molecule has 0 atom stereocenters. The molecule has 89 valence electrons. The maximum absolute atomic E-state index is 9.62. The average molecular weight is 235 g/mol. The van der Waals surface area contributed by atoms with Gasteiger partial charge in [-0.15, -0.1) is 0 Å². The molecule has 0 aliphatic heterocycles. The number of hydrogen-bond donors (Lipinski definition) is 1. The van der Waals surface area contributed by atoms with Gasteiger partial charge in [0.25, 0.3) is 0 Å². The second-order valence-corrected chi connectivity index (χ2v) is 4.08. The molecule has 2 aromatic rings. The highest BCUT2D eigenvalue weighted by atomic mass is 16.3. The highest BCUT2D eigenvalue weighted by molar-refractivity contribution is 5.49. The van der Waals surface area contributed by atoms with E-state index in [1.165, 1.54) is 5.56 Å². The maximum atomic E-state index is 9.62. The van der Waals surface area contributed by atoms with Gasteiger partial charge in [-0.1, -0.05) is 43.0 Å². The summed E-state index contributed by atoms with van der Waals surface area (Å²) >= 11 is 0. The summed E-state index contributed by atoms with van der Waals surface area (Å²) in [6, 6.07) is 15.3. The van der Waals surface area contributed by atoms with Crippen LogP contribution in [0.1, 0.15) is 23.6 Å². The molecule has 0 saturated carbocycles. The van der Waals surface area contributed by atoms with Crippen LogP contribution in [0.5, 0.6) is 5.75 Å². The summed E-state index contributed by atoms with van der Waals surface area (Å²) in [6.45, 7) is 2.04. The lowest BCUT2D eigenvalue weighted by atomic mass is 10.1. The van der Waals surface area contributed by atoms with Crippen LogP contribution in [0.3, 0.4) is 0 Å². The van der Waals surface area contributed by atoms with Gasteiger partial charge in [-0.05, 0) is 42.7 Å². The van der Waals surface area contributed by atoms with Gasteiger partial charge in [0.15, 0.2) is 0 Å². The Bertz CT molecular complexity index is 588. The smallest absolute Gasteiger partial charge is 0.131 e. The second kappa shape index (κ2) is 5.93. The SMILES string of the molecule is C[CH]Cc1cccc(C#Cc2ccccc2O)c1. The van der Waals surface area contributed by atoms with E-state index in [0.29, 0.717) is 5.56 Å². The van der Waals surface area contributed by atoms with Gasteiger partial charge in [0.05, 0.1) is 5.56 Å². The fourth-order valence-corrected chi connectivity index (χ4v) is 1.73. The Hall–Kier alpha value is -2.20. The minimum atomic E-state index is 0.225. The van der Waals surface area contributed by atoms with Crippen molar-refractivity contribution < 1.29 is 5.11 Å². The topological polar surface area (TPSA) is 20.2 Å². The van der Waals surface area contributed by atoms with Crippen molar-refractivity contribution in [2.24, 2.45) is 0 Å². The van der Waals surface area contributed by atoms with Crippen molar-refractivity contribution in [2.75, 3.05) is 0 Å². The van der Waals surface area contributed by atoms with E-state index in [-0.39, 0.29) is 5.75 Å². The van der Waals surface area contributed by atoms with Crippen molar-refractivity contribution in [1.82, 2.24) is 0 Å². The van der Waals surface area contributed by atoms with E-state index in [0.717, 1.165) is 12.0 Å². The monoisotopic (exact) mass is 235 g/mol. The molecule has 2 rings (SSSR count). The van der Waals surface area contributed by atoms with Crippen molar-refractivity contribution in [3.63, 3.8) is 0 Å². The summed E-state index contributed by atoms with van der Waals surface area (Å²) in [5, 5.41) is 9.62. The van der Waals surface area contributed by atoms with Crippen LogP contribution < -0.4 is 0 Å². The van der Waals surface area contributed by atoms with Crippen LogP contribution in [-0.2, 0) is 6.42 Å². The fraction of sp³-hybridized carbons (Fsp3) is 0.118. The van der Waals surface area contributed by atoms with Crippen LogP contribution in [-0.4, -0.2) is 5.11 Å². The quantitative estimate of drug-likeness (QED) is 0.789. The summed E-state index contributed by atoms with van der Waals surface area (Å²) in [7, 11) is 0. The zero-order valence-electron chi connectivity index (χ0n) is 10.4. The number of aromatic hydroxyl groups is 1. The Morgan fingerprint density at radius 1 is 1.06 bits per heavy atom. The molecule has 0 unspecified atom stereocenters. The van der Waals surface area contributed by atoms with Crippen molar-refractivity contribution >= 4 is 0 Å². The minimum Gasteiger partial charge on any atom is -0.507 e. The first-order valence-electron chi connectivity index (χ1n) is 5.96. The lowest BCUT2D eigenvalue weighted by Crippen LogP contribution is -1.84. The molecule has 1 N–H and O–H groups in total. The van der Waals surface area contributed by atoms with Crippen molar-refractivity contribution in [1.29, 1.82) is 0 Å². The van der Waals surface area contributed by atoms with Crippen molar-refractivity contribution in [3.8, 4) is 17.6 Å². The molecule has 0 aromatic heterocycles. The summed E-state index contributed by atoms with van der Waals surface area (Å²) < 4.78 is 0. The normalized spacial score (nSPS) is 9.61. The Balaban J connectivity index is 2.25. The van der Waals surface area contributed by atoms with E-state index in [1.807, 2.05) is 31.2 Å². The van der Waals surface area contributed by atoms with Gasteiger partial charge in [0.1, 0.15) is 5.75 Å². The summed E-state index contributed by atoms with van der Waals surface area (Å²) in [6.07, 6.45) is 3.07. The molecule has 1 radical (unpaired) electrons. The maximum Gasteiger partial charge on any atom is 0.131 e. The predicted octanol–water partition coefficient (Wildman–Crippen LogP) is 3.56. The van der Waals surface area contributed by atoms with Gasteiger partial charge in [0, 0.05) is 5.56 Å². The summed E-state index contributed by atoms with van der Waals surface area (Å²) in [4.78, 5) is 0. The lowest BCUT2D eigenvalue weighted by Gasteiger charge is -1.98. The van der Waals surface area contributed by atoms with Crippen LogP contribution in [0.25, 0.3) is 0 Å². The molecular formula is C17H15O. The molecule has 0 spiro atoms. The number of phenolic OH excluding ortho intramolecular Hbond substituents is 1. The number of hydrogen-bond acceptors (Lipinski definition) is 1. The lowest BCUT2D eigenvalue weighted by molar-refractivity contribution is 0.473. The van der Waals surface area contributed by atoms with E-state index in [4.69, 9.17) is 0 Å². The van der Waals surface area contributed by atoms with Crippen molar-refractivity contribution in [2.45, 2.75) is 13.3 Å².